The first-order valence-corrected chi connectivity index (χ1v) is 3.13. The normalized spacial score (nSPS) is 8.40. The Labute approximate surface area is 81.9 Å². The van der Waals surface area contributed by atoms with Gasteiger partial charge in [-0.15, -0.1) is 0 Å². The zero-order valence-corrected chi connectivity index (χ0v) is 7.45. The molecule has 0 amide bonds. The Bertz CT molecular complexity index is 14.4. The molecule has 1 nitrogen and oxygen atoms in total. The van der Waals surface area contributed by atoms with E-state index in [0.29, 0.717) is 0 Å². The van der Waals surface area contributed by atoms with Crippen molar-refractivity contribution in [3.8, 4) is 0 Å². The Morgan fingerprint density at radius 1 is 1.40 bits per heavy atom. The Kier molecular flexibility index (Phi) is 12.2. The van der Waals surface area contributed by atoms with E-state index < -0.39 is 0 Å². The summed E-state index contributed by atoms with van der Waals surface area (Å²) in [7, 11) is 4.61. The monoisotopic (exact) mass is 131 g/mol. The predicted molar refractivity (Wildman–Crippen MR) is 34.8 cm³/mol. The van der Waals surface area contributed by atoms with Gasteiger partial charge in [-0.2, -0.15) is 0 Å². The van der Waals surface area contributed by atoms with Gasteiger partial charge in [0.1, 0.15) is 0 Å². The molecule has 0 rings (SSSR count). The van der Waals surface area contributed by atoms with Gasteiger partial charge in [0.2, 0.25) is 0 Å². The van der Waals surface area contributed by atoms with E-state index in [9.17, 15) is 0 Å². The number of hydrogen-bond acceptors (Lipinski definition) is 1. The summed E-state index contributed by atoms with van der Waals surface area (Å²) < 4.78 is 2.28. The molecule has 5 heavy (non-hydrogen) atoms. The molecule has 0 heterocycles. The van der Waals surface area contributed by atoms with Crippen molar-refractivity contribution in [1.82, 2.24) is 4.23 Å². The summed E-state index contributed by atoms with van der Waals surface area (Å²) in [4.78, 5) is 0. The summed E-state index contributed by atoms with van der Waals surface area (Å²) in [5, 5.41) is 0. The van der Waals surface area contributed by atoms with Gasteiger partial charge >= 0.3 is 51.4 Å². The van der Waals surface area contributed by atoms with Crippen LogP contribution in [0.3, 0.4) is 0 Å². The van der Waals surface area contributed by atoms with Crippen LogP contribution < -0.4 is 0 Å². The molecule has 0 aliphatic heterocycles. The van der Waals surface area contributed by atoms with Gasteiger partial charge < -0.3 is 4.23 Å². The molecule has 0 aliphatic carbocycles. The molecule has 28 valence electrons. The van der Waals surface area contributed by atoms with Crippen LogP contribution in [-0.2, 0) is 0 Å². The van der Waals surface area contributed by atoms with Crippen molar-refractivity contribution in [2.24, 2.45) is 0 Å². The SMILES string of the molecule is CN([SiH3])[SiH3].[KH]. The summed E-state index contributed by atoms with van der Waals surface area (Å²) in [6.07, 6.45) is 0. The van der Waals surface area contributed by atoms with Crippen LogP contribution in [0.25, 0.3) is 0 Å². The van der Waals surface area contributed by atoms with E-state index in [2.05, 4.69) is 11.3 Å². The molecule has 0 aromatic heterocycles. The molecule has 4 heteroatoms. The first-order chi connectivity index (χ1) is 1.73. The van der Waals surface area contributed by atoms with Gasteiger partial charge in [0.25, 0.3) is 0 Å². The van der Waals surface area contributed by atoms with E-state index in [0.717, 1.165) is 0 Å². The predicted octanol–water partition coefficient (Wildman–Crippen LogP) is -3.17. The molecular weight excluding hydrogens is 121 g/mol. The first-order valence-electron chi connectivity index (χ1n) is 1.34. The number of rotatable bonds is 0. The van der Waals surface area contributed by atoms with E-state index in [1.54, 1.807) is 0 Å². The average Bonchev–Trinajstić information content (AvgIpc) is 0.811. The first kappa shape index (κ1) is 10.1. The molecule has 0 aliphatic rings. The van der Waals surface area contributed by atoms with Crippen molar-refractivity contribution >= 4 is 72.2 Å². The maximum absolute atomic E-state index is 2.28. The zero-order valence-electron chi connectivity index (χ0n) is 3.45. The van der Waals surface area contributed by atoms with Crippen molar-refractivity contribution in [2.45, 2.75) is 0 Å². The van der Waals surface area contributed by atoms with Crippen LogP contribution in [0, 0.1) is 0 Å². The van der Waals surface area contributed by atoms with Gasteiger partial charge in [-0.25, -0.2) is 0 Å². The van der Waals surface area contributed by atoms with Crippen LogP contribution in [0.15, 0.2) is 0 Å². The zero-order chi connectivity index (χ0) is 3.58. The van der Waals surface area contributed by atoms with E-state index in [-0.39, 0.29) is 51.4 Å². The van der Waals surface area contributed by atoms with Crippen LogP contribution in [0.5, 0.6) is 0 Å². The molecule has 0 unspecified atom stereocenters. The van der Waals surface area contributed by atoms with Crippen molar-refractivity contribution < 1.29 is 0 Å². The van der Waals surface area contributed by atoms with Gasteiger partial charge in [0.15, 0.2) is 0 Å². The molecular formula is CH10KNSi2. The van der Waals surface area contributed by atoms with Crippen LogP contribution in [0.4, 0.5) is 0 Å². The van der Waals surface area contributed by atoms with Crippen LogP contribution in [0.1, 0.15) is 0 Å². The Hall–Kier alpha value is 2.03. The molecule has 0 spiro atoms. The summed E-state index contributed by atoms with van der Waals surface area (Å²) in [6.45, 7) is 0. The van der Waals surface area contributed by atoms with Gasteiger partial charge in [0.05, 0.1) is 20.8 Å². The van der Waals surface area contributed by atoms with E-state index in [1.807, 2.05) is 0 Å². The second-order valence-electron chi connectivity index (χ2n) is 1.34. The molecule has 0 aromatic carbocycles. The fraction of sp³-hybridized carbons (Fsp3) is 1.00. The minimum absolute atomic E-state index is 0. The summed E-state index contributed by atoms with van der Waals surface area (Å²) in [5.41, 5.74) is 0. The average molecular weight is 131 g/mol. The van der Waals surface area contributed by atoms with Crippen LogP contribution in [0.2, 0.25) is 0 Å². The Balaban J connectivity index is 0. The second kappa shape index (κ2) is 6.03. The molecule has 0 atom stereocenters. The number of hydrogen-bond donors (Lipinski definition) is 0. The molecule has 0 N–H and O–H groups in total. The van der Waals surface area contributed by atoms with E-state index in [4.69, 9.17) is 0 Å². The van der Waals surface area contributed by atoms with Crippen molar-refractivity contribution in [1.29, 1.82) is 0 Å². The van der Waals surface area contributed by atoms with Gasteiger partial charge in [-0.1, -0.05) is 0 Å². The van der Waals surface area contributed by atoms with E-state index >= 15 is 0 Å². The fourth-order valence-electron chi connectivity index (χ4n) is 0. The third kappa shape index (κ3) is 23.8. The summed E-state index contributed by atoms with van der Waals surface area (Å²) in [6, 6.07) is 0. The molecule has 0 saturated heterocycles. The van der Waals surface area contributed by atoms with Gasteiger partial charge in [-0.3, -0.25) is 0 Å². The topological polar surface area (TPSA) is 3.24 Å². The second-order valence-corrected chi connectivity index (χ2v) is 6.71. The van der Waals surface area contributed by atoms with Crippen molar-refractivity contribution in [3.05, 3.63) is 0 Å². The molecule has 0 bridgehead atoms. The van der Waals surface area contributed by atoms with Gasteiger partial charge in [0, 0.05) is 0 Å². The Morgan fingerprint density at radius 3 is 1.40 bits per heavy atom. The van der Waals surface area contributed by atoms with Crippen molar-refractivity contribution in [2.75, 3.05) is 7.05 Å². The van der Waals surface area contributed by atoms with Crippen LogP contribution in [-0.4, -0.2) is 83.5 Å². The van der Waals surface area contributed by atoms with E-state index in [1.165, 1.54) is 20.8 Å². The Morgan fingerprint density at radius 2 is 1.40 bits per heavy atom. The standard InChI is InChI=1S/CH9NSi2.K.H/c1-2(3)4;;/h1,3-4H3;;. The summed E-state index contributed by atoms with van der Waals surface area (Å²) in [5.74, 6) is 0. The molecule has 0 saturated carbocycles. The molecule has 0 radical (unpaired) electrons. The maximum atomic E-state index is 2.28. The number of nitrogens with zero attached hydrogens (tertiary/aromatic N) is 1. The summed E-state index contributed by atoms with van der Waals surface area (Å²) >= 11 is 0. The molecule has 0 fully saturated rings. The minimum atomic E-state index is 0. The van der Waals surface area contributed by atoms with Crippen molar-refractivity contribution in [3.63, 3.8) is 0 Å². The fourth-order valence-corrected chi connectivity index (χ4v) is 0. The van der Waals surface area contributed by atoms with Crippen LogP contribution >= 0.6 is 0 Å². The molecule has 0 aromatic rings. The van der Waals surface area contributed by atoms with Gasteiger partial charge in [-0.05, 0) is 7.05 Å². The third-order valence-corrected chi connectivity index (χ3v) is 0. The third-order valence-electron chi connectivity index (χ3n) is 0. The quantitative estimate of drug-likeness (QED) is 0.314.